The highest BCUT2D eigenvalue weighted by Crippen LogP contribution is 2.07. The normalized spacial score (nSPS) is 11.1. The van der Waals surface area contributed by atoms with E-state index in [1.165, 1.54) is 0 Å². The molecule has 0 atom stereocenters. The van der Waals surface area contributed by atoms with E-state index in [1.807, 2.05) is 13.8 Å². The van der Waals surface area contributed by atoms with Crippen LogP contribution in [0.1, 0.15) is 30.8 Å². The molecule has 0 aliphatic carbocycles. The standard InChI is InChI=1S/C11H17N3O/c1-11(2,6-7-12)14-10(15)9-5-3-4-8-13-9/h3-5,8H,6-7,12H2,1-2H3,(H,14,15). The molecule has 0 fully saturated rings. The summed E-state index contributed by atoms with van der Waals surface area (Å²) in [5.74, 6) is -0.158. The van der Waals surface area contributed by atoms with Gasteiger partial charge in [0.15, 0.2) is 0 Å². The van der Waals surface area contributed by atoms with Gasteiger partial charge in [0.25, 0.3) is 5.91 Å². The molecular weight excluding hydrogens is 190 g/mol. The van der Waals surface area contributed by atoms with Crippen molar-refractivity contribution in [3.8, 4) is 0 Å². The molecule has 4 heteroatoms. The van der Waals surface area contributed by atoms with E-state index in [0.29, 0.717) is 12.2 Å². The molecule has 0 radical (unpaired) electrons. The third-order valence-corrected chi connectivity index (χ3v) is 2.12. The maximum atomic E-state index is 11.7. The molecule has 1 aromatic rings. The predicted octanol–water partition coefficient (Wildman–Crippen LogP) is 0.939. The molecule has 0 aliphatic rings. The molecular formula is C11H17N3O. The first-order valence-electron chi connectivity index (χ1n) is 4.99. The minimum Gasteiger partial charge on any atom is -0.346 e. The Kier molecular flexibility index (Phi) is 3.80. The van der Waals surface area contributed by atoms with Crippen molar-refractivity contribution in [2.24, 2.45) is 5.73 Å². The molecule has 0 saturated carbocycles. The summed E-state index contributed by atoms with van der Waals surface area (Å²) in [7, 11) is 0. The summed E-state index contributed by atoms with van der Waals surface area (Å²) >= 11 is 0. The van der Waals surface area contributed by atoms with Crippen molar-refractivity contribution < 1.29 is 4.79 Å². The lowest BCUT2D eigenvalue weighted by Gasteiger charge is -2.25. The lowest BCUT2D eigenvalue weighted by molar-refractivity contribution is 0.0905. The number of pyridine rings is 1. The predicted molar refractivity (Wildman–Crippen MR) is 59.5 cm³/mol. The number of nitrogens with one attached hydrogen (secondary N) is 1. The van der Waals surface area contributed by atoms with Gasteiger partial charge in [-0.25, -0.2) is 0 Å². The minimum atomic E-state index is -0.288. The van der Waals surface area contributed by atoms with Crippen LogP contribution in [0.25, 0.3) is 0 Å². The minimum absolute atomic E-state index is 0.158. The van der Waals surface area contributed by atoms with Crippen LogP contribution in [0.15, 0.2) is 24.4 Å². The van der Waals surface area contributed by atoms with Gasteiger partial charge < -0.3 is 11.1 Å². The van der Waals surface area contributed by atoms with Gasteiger partial charge in [0, 0.05) is 11.7 Å². The Morgan fingerprint density at radius 2 is 2.27 bits per heavy atom. The Bertz CT molecular complexity index is 322. The van der Waals surface area contributed by atoms with Gasteiger partial charge in [0.05, 0.1) is 0 Å². The summed E-state index contributed by atoms with van der Waals surface area (Å²) in [5.41, 5.74) is 5.61. The average Bonchev–Trinajstić information content (AvgIpc) is 2.18. The Morgan fingerprint density at radius 1 is 1.53 bits per heavy atom. The number of carbonyl (C=O) groups excluding carboxylic acids is 1. The van der Waals surface area contributed by atoms with E-state index in [4.69, 9.17) is 5.73 Å². The van der Waals surface area contributed by atoms with Crippen molar-refractivity contribution in [3.05, 3.63) is 30.1 Å². The van der Waals surface area contributed by atoms with Crippen LogP contribution >= 0.6 is 0 Å². The summed E-state index contributed by atoms with van der Waals surface area (Å²) in [5, 5.41) is 2.89. The van der Waals surface area contributed by atoms with Crippen LogP contribution in [0.3, 0.4) is 0 Å². The molecule has 15 heavy (non-hydrogen) atoms. The number of amides is 1. The van der Waals surface area contributed by atoms with E-state index in [9.17, 15) is 4.79 Å². The third kappa shape index (κ3) is 3.67. The Hall–Kier alpha value is -1.42. The fraction of sp³-hybridized carbons (Fsp3) is 0.455. The first kappa shape index (κ1) is 11.7. The van der Waals surface area contributed by atoms with Crippen LogP contribution in [-0.2, 0) is 0 Å². The van der Waals surface area contributed by atoms with Gasteiger partial charge in [-0.2, -0.15) is 0 Å². The van der Waals surface area contributed by atoms with Crippen molar-refractivity contribution >= 4 is 5.91 Å². The molecule has 1 amide bonds. The zero-order chi connectivity index (χ0) is 11.3. The summed E-state index contributed by atoms with van der Waals surface area (Å²) in [6.07, 6.45) is 2.34. The van der Waals surface area contributed by atoms with E-state index in [0.717, 1.165) is 6.42 Å². The average molecular weight is 207 g/mol. The highest BCUT2D eigenvalue weighted by molar-refractivity contribution is 5.92. The molecule has 0 unspecified atom stereocenters. The van der Waals surface area contributed by atoms with Gasteiger partial charge in [0.1, 0.15) is 5.69 Å². The van der Waals surface area contributed by atoms with Crippen molar-refractivity contribution in [1.82, 2.24) is 10.3 Å². The van der Waals surface area contributed by atoms with Crippen LogP contribution in [0.5, 0.6) is 0 Å². The van der Waals surface area contributed by atoms with E-state index in [1.54, 1.807) is 24.4 Å². The van der Waals surface area contributed by atoms with Crippen molar-refractivity contribution in [2.75, 3.05) is 6.54 Å². The van der Waals surface area contributed by atoms with Gasteiger partial charge in [-0.3, -0.25) is 9.78 Å². The Labute approximate surface area is 89.9 Å². The first-order valence-corrected chi connectivity index (χ1v) is 4.99. The van der Waals surface area contributed by atoms with Gasteiger partial charge in [-0.1, -0.05) is 6.07 Å². The molecule has 3 N–H and O–H groups in total. The van der Waals surface area contributed by atoms with Crippen LogP contribution in [-0.4, -0.2) is 23.0 Å². The fourth-order valence-electron chi connectivity index (χ4n) is 1.29. The Morgan fingerprint density at radius 3 is 2.80 bits per heavy atom. The Balaban J connectivity index is 2.64. The quantitative estimate of drug-likeness (QED) is 0.772. The number of aromatic nitrogens is 1. The summed E-state index contributed by atoms with van der Waals surface area (Å²) in [6, 6.07) is 5.26. The van der Waals surface area contributed by atoms with Crippen LogP contribution in [0.2, 0.25) is 0 Å². The van der Waals surface area contributed by atoms with Gasteiger partial charge in [-0.05, 0) is 38.9 Å². The number of hydrogen-bond donors (Lipinski definition) is 2. The van der Waals surface area contributed by atoms with Crippen molar-refractivity contribution in [2.45, 2.75) is 25.8 Å². The first-order chi connectivity index (χ1) is 7.05. The van der Waals surface area contributed by atoms with Crippen LogP contribution in [0, 0.1) is 0 Å². The smallest absolute Gasteiger partial charge is 0.270 e. The third-order valence-electron chi connectivity index (χ3n) is 2.12. The van der Waals surface area contributed by atoms with Crippen LogP contribution < -0.4 is 11.1 Å². The molecule has 0 aromatic carbocycles. The number of rotatable bonds is 4. The summed E-state index contributed by atoms with van der Waals surface area (Å²) in [6.45, 7) is 4.44. The van der Waals surface area contributed by atoms with Crippen LogP contribution in [0.4, 0.5) is 0 Å². The van der Waals surface area contributed by atoms with E-state index < -0.39 is 0 Å². The van der Waals surface area contributed by atoms with E-state index in [-0.39, 0.29) is 11.4 Å². The molecule has 0 aliphatic heterocycles. The molecule has 1 rings (SSSR count). The maximum Gasteiger partial charge on any atom is 0.270 e. The highest BCUT2D eigenvalue weighted by Gasteiger charge is 2.20. The lowest BCUT2D eigenvalue weighted by Crippen LogP contribution is -2.44. The van der Waals surface area contributed by atoms with Gasteiger partial charge >= 0.3 is 0 Å². The topological polar surface area (TPSA) is 68.0 Å². The molecule has 1 aromatic heterocycles. The number of hydrogen-bond acceptors (Lipinski definition) is 3. The van der Waals surface area contributed by atoms with Gasteiger partial charge in [0.2, 0.25) is 0 Å². The molecule has 1 heterocycles. The maximum absolute atomic E-state index is 11.7. The molecule has 82 valence electrons. The zero-order valence-corrected chi connectivity index (χ0v) is 9.16. The summed E-state index contributed by atoms with van der Waals surface area (Å²) < 4.78 is 0. The number of nitrogens with zero attached hydrogens (tertiary/aromatic N) is 1. The monoisotopic (exact) mass is 207 g/mol. The number of carbonyl (C=O) groups is 1. The molecule has 0 spiro atoms. The van der Waals surface area contributed by atoms with Crippen molar-refractivity contribution in [3.63, 3.8) is 0 Å². The lowest BCUT2D eigenvalue weighted by atomic mass is 10.0. The zero-order valence-electron chi connectivity index (χ0n) is 9.16. The SMILES string of the molecule is CC(C)(CCN)NC(=O)c1ccccn1. The molecule has 0 bridgehead atoms. The second-order valence-corrected chi connectivity index (χ2v) is 4.09. The van der Waals surface area contributed by atoms with E-state index in [2.05, 4.69) is 10.3 Å². The fourth-order valence-corrected chi connectivity index (χ4v) is 1.29. The highest BCUT2D eigenvalue weighted by atomic mass is 16.2. The second-order valence-electron chi connectivity index (χ2n) is 4.09. The van der Waals surface area contributed by atoms with E-state index >= 15 is 0 Å². The van der Waals surface area contributed by atoms with Gasteiger partial charge in [-0.15, -0.1) is 0 Å². The second kappa shape index (κ2) is 4.89. The van der Waals surface area contributed by atoms with Crippen molar-refractivity contribution in [1.29, 1.82) is 0 Å². The summed E-state index contributed by atoms with van der Waals surface area (Å²) in [4.78, 5) is 15.7. The largest absolute Gasteiger partial charge is 0.346 e. The number of nitrogens with two attached hydrogens (primary N) is 1. The molecule has 0 saturated heterocycles. The molecule has 4 nitrogen and oxygen atoms in total.